The third-order valence-corrected chi connectivity index (χ3v) is 3.00. The van der Waals surface area contributed by atoms with E-state index in [1.54, 1.807) is 0 Å². The largest absolute Gasteiger partial charge is 0.573 e. The van der Waals surface area contributed by atoms with E-state index in [1.165, 1.54) is 24.3 Å². The predicted octanol–water partition coefficient (Wildman–Crippen LogP) is 2.67. The molecule has 1 heterocycles. The molecule has 0 radical (unpaired) electrons. The molecule has 0 bridgehead atoms. The molecule has 0 aromatic heterocycles. The summed E-state index contributed by atoms with van der Waals surface area (Å²) >= 11 is 0. The molecule has 1 aromatic carbocycles. The number of halogens is 3. The van der Waals surface area contributed by atoms with Crippen molar-refractivity contribution in [1.82, 2.24) is 0 Å². The summed E-state index contributed by atoms with van der Waals surface area (Å²) in [5.41, 5.74) is 0.748. The van der Waals surface area contributed by atoms with Crippen LogP contribution in [-0.4, -0.2) is 30.3 Å². The molecular weight excluding hydrogens is 261 g/mol. The first kappa shape index (κ1) is 14.1. The van der Waals surface area contributed by atoms with Crippen LogP contribution in [0.2, 0.25) is 0 Å². The van der Waals surface area contributed by atoms with Gasteiger partial charge in [-0.25, -0.2) is 0 Å². The van der Waals surface area contributed by atoms with Gasteiger partial charge >= 0.3 is 6.36 Å². The van der Waals surface area contributed by atoms with Gasteiger partial charge in [0.05, 0.1) is 12.2 Å². The molecule has 6 heteroatoms. The minimum atomic E-state index is -4.68. The molecule has 106 valence electrons. The number of ether oxygens (including phenoxy) is 2. The van der Waals surface area contributed by atoms with E-state index < -0.39 is 12.5 Å². The van der Waals surface area contributed by atoms with Crippen molar-refractivity contribution in [2.75, 3.05) is 6.61 Å². The van der Waals surface area contributed by atoms with Gasteiger partial charge in [0.1, 0.15) is 5.75 Å². The van der Waals surface area contributed by atoms with E-state index in [9.17, 15) is 18.3 Å². The number of rotatable bonds is 4. The van der Waals surface area contributed by atoms with Crippen molar-refractivity contribution in [3.63, 3.8) is 0 Å². The van der Waals surface area contributed by atoms with Crippen LogP contribution < -0.4 is 4.74 Å². The van der Waals surface area contributed by atoms with Crippen LogP contribution in [0.3, 0.4) is 0 Å². The number of aliphatic hydroxyl groups is 1. The summed E-state index contributed by atoms with van der Waals surface area (Å²) in [6, 6.07) is 5.51. The highest BCUT2D eigenvalue weighted by Crippen LogP contribution is 2.24. The maximum Gasteiger partial charge on any atom is 0.573 e. The maximum atomic E-state index is 12.0. The Hall–Kier alpha value is -1.27. The lowest BCUT2D eigenvalue weighted by atomic mass is 10.0. The topological polar surface area (TPSA) is 38.7 Å². The Bertz CT molecular complexity index is 397. The van der Waals surface area contributed by atoms with Crippen LogP contribution in [0.5, 0.6) is 5.75 Å². The van der Waals surface area contributed by atoms with Crippen LogP contribution in [0.1, 0.15) is 18.4 Å². The molecule has 0 aliphatic carbocycles. The molecule has 1 aliphatic heterocycles. The van der Waals surface area contributed by atoms with E-state index in [-0.39, 0.29) is 11.9 Å². The molecule has 0 saturated carbocycles. The number of aliphatic hydroxyl groups excluding tert-OH is 1. The molecule has 1 fully saturated rings. The normalized spacial score (nSPS) is 21.4. The lowest BCUT2D eigenvalue weighted by Gasteiger charge is -2.17. The van der Waals surface area contributed by atoms with Crippen LogP contribution in [-0.2, 0) is 11.2 Å². The molecule has 2 rings (SSSR count). The van der Waals surface area contributed by atoms with Crippen molar-refractivity contribution in [3.05, 3.63) is 29.8 Å². The van der Waals surface area contributed by atoms with E-state index >= 15 is 0 Å². The first-order valence-electron chi connectivity index (χ1n) is 6.08. The Morgan fingerprint density at radius 1 is 1.32 bits per heavy atom. The minimum absolute atomic E-state index is 0.175. The van der Waals surface area contributed by atoms with Gasteiger partial charge in [-0.1, -0.05) is 12.1 Å². The Morgan fingerprint density at radius 3 is 2.53 bits per heavy atom. The highest BCUT2D eigenvalue weighted by Gasteiger charge is 2.31. The van der Waals surface area contributed by atoms with Gasteiger partial charge in [-0.2, -0.15) is 0 Å². The van der Waals surface area contributed by atoms with Crippen LogP contribution in [0.15, 0.2) is 24.3 Å². The molecule has 1 saturated heterocycles. The number of benzene rings is 1. The van der Waals surface area contributed by atoms with Gasteiger partial charge in [0.15, 0.2) is 0 Å². The zero-order valence-electron chi connectivity index (χ0n) is 10.2. The average molecular weight is 276 g/mol. The number of hydrogen-bond donors (Lipinski definition) is 1. The van der Waals surface area contributed by atoms with Gasteiger partial charge in [0.2, 0.25) is 0 Å². The fourth-order valence-electron chi connectivity index (χ4n) is 2.11. The average Bonchev–Trinajstić information content (AvgIpc) is 2.83. The van der Waals surface area contributed by atoms with Crippen LogP contribution in [0.4, 0.5) is 13.2 Å². The van der Waals surface area contributed by atoms with Gasteiger partial charge in [-0.05, 0) is 30.5 Å². The molecule has 0 spiro atoms. The smallest absolute Gasteiger partial charge is 0.406 e. The van der Waals surface area contributed by atoms with Crippen LogP contribution in [0, 0.1) is 0 Å². The summed E-state index contributed by atoms with van der Waals surface area (Å²) in [4.78, 5) is 0. The molecule has 1 N–H and O–H groups in total. The molecule has 0 amide bonds. The highest BCUT2D eigenvalue weighted by molar-refractivity contribution is 5.27. The molecule has 2 atom stereocenters. The Kier molecular flexibility index (Phi) is 4.31. The Morgan fingerprint density at radius 2 is 2.00 bits per heavy atom. The van der Waals surface area contributed by atoms with Gasteiger partial charge in [0, 0.05) is 13.0 Å². The lowest BCUT2D eigenvalue weighted by Crippen LogP contribution is -2.27. The standard InChI is InChI=1S/C13H15F3O3/c14-13(15,16)19-10-5-3-9(4-6-10)8-11(17)12-2-1-7-18-12/h3-6,11-12,17H,1-2,7-8H2. The number of alkyl halides is 3. The molecular formula is C13H15F3O3. The van der Waals surface area contributed by atoms with Gasteiger partial charge in [0.25, 0.3) is 0 Å². The van der Waals surface area contributed by atoms with Crippen molar-refractivity contribution < 1.29 is 27.8 Å². The van der Waals surface area contributed by atoms with Crippen molar-refractivity contribution in [1.29, 1.82) is 0 Å². The van der Waals surface area contributed by atoms with Gasteiger partial charge < -0.3 is 14.6 Å². The Balaban J connectivity index is 1.91. The maximum absolute atomic E-state index is 12.0. The monoisotopic (exact) mass is 276 g/mol. The van der Waals surface area contributed by atoms with Crippen molar-refractivity contribution in [2.24, 2.45) is 0 Å². The van der Waals surface area contributed by atoms with E-state index in [2.05, 4.69) is 4.74 Å². The minimum Gasteiger partial charge on any atom is -0.406 e. The molecule has 3 nitrogen and oxygen atoms in total. The van der Waals surface area contributed by atoms with Crippen LogP contribution >= 0.6 is 0 Å². The van der Waals surface area contributed by atoms with Crippen molar-refractivity contribution in [3.8, 4) is 5.75 Å². The highest BCUT2D eigenvalue weighted by atomic mass is 19.4. The molecule has 2 unspecified atom stereocenters. The fraction of sp³-hybridized carbons (Fsp3) is 0.538. The summed E-state index contributed by atoms with van der Waals surface area (Å²) in [6.45, 7) is 0.653. The fourth-order valence-corrected chi connectivity index (χ4v) is 2.11. The summed E-state index contributed by atoms with van der Waals surface area (Å²) in [5.74, 6) is -0.261. The molecule has 1 aliphatic rings. The summed E-state index contributed by atoms with van der Waals surface area (Å²) in [6.07, 6.45) is -3.38. The van der Waals surface area contributed by atoms with Gasteiger partial charge in [-0.15, -0.1) is 13.2 Å². The summed E-state index contributed by atoms with van der Waals surface area (Å²) in [5, 5.41) is 9.92. The first-order valence-corrected chi connectivity index (χ1v) is 6.08. The number of hydrogen-bond acceptors (Lipinski definition) is 3. The molecule has 19 heavy (non-hydrogen) atoms. The quantitative estimate of drug-likeness (QED) is 0.919. The van der Waals surface area contributed by atoms with E-state index in [4.69, 9.17) is 4.74 Å². The predicted molar refractivity (Wildman–Crippen MR) is 61.8 cm³/mol. The summed E-state index contributed by atoms with van der Waals surface area (Å²) < 4.78 is 45.1. The zero-order chi connectivity index (χ0) is 13.9. The van der Waals surface area contributed by atoms with Gasteiger partial charge in [-0.3, -0.25) is 0 Å². The Labute approximate surface area is 108 Å². The second kappa shape index (κ2) is 5.79. The van der Waals surface area contributed by atoms with E-state index in [0.717, 1.165) is 18.4 Å². The second-order valence-corrected chi connectivity index (χ2v) is 4.51. The zero-order valence-corrected chi connectivity index (χ0v) is 10.2. The molecule has 1 aromatic rings. The van der Waals surface area contributed by atoms with E-state index in [0.29, 0.717) is 13.0 Å². The summed E-state index contributed by atoms with van der Waals surface area (Å²) in [7, 11) is 0. The third kappa shape index (κ3) is 4.40. The lowest BCUT2D eigenvalue weighted by molar-refractivity contribution is -0.274. The third-order valence-electron chi connectivity index (χ3n) is 3.00. The van der Waals surface area contributed by atoms with Crippen molar-refractivity contribution >= 4 is 0 Å². The first-order chi connectivity index (χ1) is 8.94. The van der Waals surface area contributed by atoms with Crippen LogP contribution in [0.25, 0.3) is 0 Å². The van der Waals surface area contributed by atoms with Crippen molar-refractivity contribution in [2.45, 2.75) is 37.8 Å². The second-order valence-electron chi connectivity index (χ2n) is 4.51. The van der Waals surface area contributed by atoms with E-state index in [1.807, 2.05) is 0 Å². The SMILES string of the molecule is OC(Cc1ccc(OC(F)(F)F)cc1)C1CCCO1.